The van der Waals surface area contributed by atoms with Crippen LogP contribution in [0.5, 0.6) is 0 Å². The second-order valence-corrected chi connectivity index (χ2v) is 7.01. The van der Waals surface area contributed by atoms with Gasteiger partial charge in [0.25, 0.3) is 5.91 Å². The van der Waals surface area contributed by atoms with Gasteiger partial charge in [0.2, 0.25) is 0 Å². The lowest BCUT2D eigenvalue weighted by Crippen LogP contribution is -2.21. The molecule has 0 atom stereocenters. The van der Waals surface area contributed by atoms with Gasteiger partial charge in [-0.3, -0.25) is 4.79 Å². The Morgan fingerprint density at radius 2 is 1.78 bits per heavy atom. The number of carbonyl (C=O) groups excluding carboxylic acids is 1. The number of aromatic nitrogens is 1. The predicted octanol–water partition coefficient (Wildman–Crippen LogP) is 4.59. The number of nitrogens with zero attached hydrogens (tertiary/aromatic N) is 3. The van der Waals surface area contributed by atoms with E-state index in [0.717, 1.165) is 36.2 Å². The Morgan fingerprint density at radius 3 is 2.37 bits per heavy atom. The molecule has 0 saturated heterocycles. The summed E-state index contributed by atoms with van der Waals surface area (Å²) in [6, 6.07) is 9.37. The van der Waals surface area contributed by atoms with Gasteiger partial charge >= 0.3 is 0 Å². The summed E-state index contributed by atoms with van der Waals surface area (Å²) < 4.78 is 29.7. The van der Waals surface area contributed by atoms with Gasteiger partial charge in [-0.1, -0.05) is 11.3 Å². The lowest BCUT2D eigenvalue weighted by atomic mass is 10.2. The predicted molar refractivity (Wildman–Crippen MR) is 105 cm³/mol. The van der Waals surface area contributed by atoms with E-state index in [1.165, 1.54) is 6.07 Å². The Balaban J connectivity index is 2.01. The zero-order chi connectivity index (χ0) is 19.6. The molecular weight excluding hydrogens is 368 g/mol. The van der Waals surface area contributed by atoms with Crippen molar-refractivity contribution in [3.63, 3.8) is 0 Å². The minimum atomic E-state index is -0.652. The number of thiazole rings is 1. The standard InChI is InChI=1S/C20H21F2N3OS/c1-4-24(5-2)15-9-7-13(8-10-15)19(26)23-20-25(6-3)18-16(22)11-14(21)12-17(18)27-20/h7-12H,4-6H2,1-3H3. The van der Waals surface area contributed by atoms with E-state index in [1.54, 1.807) is 16.7 Å². The summed E-state index contributed by atoms with van der Waals surface area (Å²) in [5.41, 5.74) is 1.77. The second-order valence-electron chi connectivity index (χ2n) is 6.00. The molecule has 0 N–H and O–H groups in total. The number of rotatable bonds is 5. The van der Waals surface area contributed by atoms with Crippen molar-refractivity contribution in [2.45, 2.75) is 27.3 Å². The first-order valence-corrected chi connectivity index (χ1v) is 9.72. The minimum absolute atomic E-state index is 0.271. The lowest BCUT2D eigenvalue weighted by Gasteiger charge is -2.20. The molecule has 0 aliphatic heterocycles. The first-order chi connectivity index (χ1) is 13.0. The van der Waals surface area contributed by atoms with E-state index in [2.05, 4.69) is 23.7 Å². The number of fused-ring (bicyclic) bond motifs is 1. The van der Waals surface area contributed by atoms with E-state index in [0.29, 0.717) is 21.6 Å². The average molecular weight is 389 g/mol. The molecule has 0 aliphatic carbocycles. The summed E-state index contributed by atoms with van der Waals surface area (Å²) >= 11 is 1.10. The van der Waals surface area contributed by atoms with Crippen LogP contribution < -0.4 is 9.70 Å². The van der Waals surface area contributed by atoms with Gasteiger partial charge in [-0.05, 0) is 51.1 Å². The van der Waals surface area contributed by atoms with E-state index in [-0.39, 0.29) is 5.52 Å². The summed E-state index contributed by atoms with van der Waals surface area (Å²) in [5, 5.41) is 0. The fourth-order valence-electron chi connectivity index (χ4n) is 3.06. The molecule has 1 heterocycles. The summed E-state index contributed by atoms with van der Waals surface area (Å²) in [6.45, 7) is 8.17. The number of amides is 1. The number of halogens is 2. The number of aryl methyl sites for hydroxylation is 1. The molecule has 3 aromatic rings. The molecule has 0 saturated carbocycles. The molecule has 0 fully saturated rings. The number of hydrogen-bond acceptors (Lipinski definition) is 3. The summed E-state index contributed by atoms with van der Waals surface area (Å²) in [5.74, 6) is -1.70. The van der Waals surface area contributed by atoms with E-state index >= 15 is 0 Å². The van der Waals surface area contributed by atoms with Crippen LogP contribution >= 0.6 is 11.3 Å². The molecule has 0 aliphatic rings. The summed E-state index contributed by atoms with van der Waals surface area (Å²) in [7, 11) is 0. The molecule has 3 rings (SSSR count). The van der Waals surface area contributed by atoms with Crippen LogP contribution in [0.4, 0.5) is 14.5 Å². The smallest absolute Gasteiger partial charge is 0.279 e. The van der Waals surface area contributed by atoms with Crippen molar-refractivity contribution in [2.75, 3.05) is 18.0 Å². The molecule has 0 radical (unpaired) electrons. The molecule has 0 spiro atoms. The minimum Gasteiger partial charge on any atom is -0.372 e. The van der Waals surface area contributed by atoms with Crippen LogP contribution in [-0.4, -0.2) is 23.6 Å². The maximum Gasteiger partial charge on any atom is 0.279 e. The highest BCUT2D eigenvalue weighted by Crippen LogP contribution is 2.22. The fourth-order valence-corrected chi connectivity index (χ4v) is 4.19. The van der Waals surface area contributed by atoms with Crippen molar-refractivity contribution in [1.29, 1.82) is 0 Å². The summed E-state index contributed by atoms with van der Waals surface area (Å²) in [6.07, 6.45) is 0. The van der Waals surface area contributed by atoms with Crippen LogP contribution in [0.1, 0.15) is 31.1 Å². The van der Waals surface area contributed by atoms with Crippen LogP contribution in [0, 0.1) is 11.6 Å². The van der Waals surface area contributed by atoms with Crippen molar-refractivity contribution in [1.82, 2.24) is 4.57 Å². The largest absolute Gasteiger partial charge is 0.372 e. The van der Waals surface area contributed by atoms with E-state index in [9.17, 15) is 13.6 Å². The fraction of sp³-hybridized carbons (Fsp3) is 0.300. The molecule has 4 nitrogen and oxygen atoms in total. The molecule has 1 amide bonds. The highest BCUT2D eigenvalue weighted by atomic mass is 32.1. The van der Waals surface area contributed by atoms with Crippen LogP contribution in [0.25, 0.3) is 10.2 Å². The topological polar surface area (TPSA) is 37.6 Å². The molecule has 2 aromatic carbocycles. The molecule has 1 aromatic heterocycles. The maximum absolute atomic E-state index is 14.2. The third-order valence-corrected chi connectivity index (χ3v) is 5.48. The van der Waals surface area contributed by atoms with Crippen molar-refractivity contribution in [2.24, 2.45) is 4.99 Å². The Morgan fingerprint density at radius 1 is 1.11 bits per heavy atom. The first-order valence-electron chi connectivity index (χ1n) is 8.90. The second kappa shape index (κ2) is 8.00. The quantitative estimate of drug-likeness (QED) is 0.640. The van der Waals surface area contributed by atoms with Crippen LogP contribution in [0.2, 0.25) is 0 Å². The summed E-state index contributed by atoms with van der Waals surface area (Å²) in [4.78, 5) is 19.3. The van der Waals surface area contributed by atoms with Crippen molar-refractivity contribution >= 4 is 33.1 Å². The number of carbonyl (C=O) groups is 1. The molecule has 27 heavy (non-hydrogen) atoms. The monoisotopic (exact) mass is 389 g/mol. The van der Waals surface area contributed by atoms with Gasteiger partial charge < -0.3 is 9.47 Å². The van der Waals surface area contributed by atoms with Crippen LogP contribution in [-0.2, 0) is 6.54 Å². The zero-order valence-electron chi connectivity index (χ0n) is 15.5. The lowest BCUT2D eigenvalue weighted by molar-refractivity contribution is 0.0998. The van der Waals surface area contributed by atoms with Crippen molar-refractivity contribution < 1.29 is 13.6 Å². The van der Waals surface area contributed by atoms with E-state index in [4.69, 9.17) is 0 Å². The SMILES string of the molecule is CCN(CC)c1ccc(C(=O)N=c2sc3cc(F)cc(F)c3n2CC)cc1. The molecule has 142 valence electrons. The van der Waals surface area contributed by atoms with Gasteiger partial charge in [0.05, 0.1) is 10.2 Å². The normalized spacial score (nSPS) is 12.0. The van der Waals surface area contributed by atoms with Gasteiger partial charge in [0, 0.05) is 37.0 Å². The van der Waals surface area contributed by atoms with Gasteiger partial charge in [0.1, 0.15) is 5.82 Å². The van der Waals surface area contributed by atoms with Crippen molar-refractivity contribution in [3.05, 3.63) is 58.4 Å². The maximum atomic E-state index is 14.2. The van der Waals surface area contributed by atoms with Crippen molar-refractivity contribution in [3.8, 4) is 0 Å². The van der Waals surface area contributed by atoms with Gasteiger partial charge in [-0.15, -0.1) is 0 Å². The van der Waals surface area contributed by atoms with Gasteiger partial charge in [-0.25, -0.2) is 8.78 Å². The molecule has 0 unspecified atom stereocenters. The van der Waals surface area contributed by atoms with Gasteiger partial charge in [0.15, 0.2) is 10.6 Å². The molecule has 7 heteroatoms. The highest BCUT2D eigenvalue weighted by Gasteiger charge is 2.13. The highest BCUT2D eigenvalue weighted by molar-refractivity contribution is 7.16. The Labute approximate surface area is 160 Å². The third kappa shape index (κ3) is 3.78. The van der Waals surface area contributed by atoms with Gasteiger partial charge in [-0.2, -0.15) is 4.99 Å². The number of anilines is 1. The zero-order valence-corrected chi connectivity index (χ0v) is 16.3. The Hall–Kier alpha value is -2.54. The average Bonchev–Trinajstić information content (AvgIpc) is 3.00. The van der Waals surface area contributed by atoms with Crippen LogP contribution in [0.3, 0.4) is 0 Å². The molecular formula is C20H21F2N3OS. The first kappa shape index (κ1) is 19.2. The molecule has 0 bridgehead atoms. The number of benzene rings is 2. The number of hydrogen-bond donors (Lipinski definition) is 0. The van der Waals surface area contributed by atoms with Crippen LogP contribution in [0.15, 0.2) is 41.4 Å². The Bertz CT molecular complexity index is 1030. The Kier molecular flexibility index (Phi) is 5.70. The van der Waals surface area contributed by atoms with E-state index in [1.807, 2.05) is 19.1 Å². The van der Waals surface area contributed by atoms with E-state index < -0.39 is 17.5 Å². The third-order valence-electron chi connectivity index (χ3n) is 4.45.